The second kappa shape index (κ2) is 6.06. The highest BCUT2D eigenvalue weighted by molar-refractivity contribution is 6.05. The van der Waals surface area contributed by atoms with Crippen molar-refractivity contribution in [2.75, 3.05) is 0 Å². The molecule has 2 aromatic carbocycles. The molecule has 3 nitrogen and oxygen atoms in total. The molecule has 1 fully saturated rings. The second-order valence-corrected chi connectivity index (χ2v) is 7.11. The molecule has 2 aliphatic rings. The first-order valence-electron chi connectivity index (χ1n) is 8.69. The number of hydrogen-bond acceptors (Lipinski definition) is 3. The molecule has 124 valence electrons. The van der Waals surface area contributed by atoms with Gasteiger partial charge in [0.15, 0.2) is 5.78 Å². The van der Waals surface area contributed by atoms with E-state index >= 15 is 0 Å². The van der Waals surface area contributed by atoms with Gasteiger partial charge in [-0.05, 0) is 55.4 Å². The Kier molecular flexibility index (Phi) is 3.89. The Labute approximate surface area is 142 Å². The monoisotopic (exact) mass is 322 g/mol. The summed E-state index contributed by atoms with van der Waals surface area (Å²) in [4.78, 5) is 13.0. The van der Waals surface area contributed by atoms with Gasteiger partial charge in [0.2, 0.25) is 0 Å². The number of ether oxygens (including phenoxy) is 1. The van der Waals surface area contributed by atoms with Crippen LogP contribution in [0.2, 0.25) is 0 Å². The number of ketones is 1. The number of aliphatic hydroxyl groups is 1. The number of hydrogen-bond donors (Lipinski definition) is 1. The normalized spacial score (nSPS) is 25.7. The Morgan fingerprint density at radius 2 is 1.83 bits per heavy atom. The highest BCUT2D eigenvalue weighted by atomic mass is 16.5. The summed E-state index contributed by atoms with van der Waals surface area (Å²) < 4.78 is 5.87. The molecule has 2 aliphatic carbocycles. The fourth-order valence-electron chi connectivity index (χ4n) is 4.04. The second-order valence-electron chi connectivity index (χ2n) is 7.11. The predicted molar refractivity (Wildman–Crippen MR) is 92.2 cm³/mol. The Morgan fingerprint density at radius 3 is 2.58 bits per heavy atom. The molecule has 0 heterocycles. The van der Waals surface area contributed by atoms with Crippen molar-refractivity contribution in [2.45, 2.75) is 44.8 Å². The van der Waals surface area contributed by atoms with Crippen LogP contribution in [0.15, 0.2) is 48.5 Å². The molecule has 24 heavy (non-hydrogen) atoms. The van der Waals surface area contributed by atoms with Gasteiger partial charge in [-0.15, -0.1) is 0 Å². The van der Waals surface area contributed by atoms with Crippen molar-refractivity contribution in [3.8, 4) is 5.75 Å². The molecule has 0 radical (unpaired) electrons. The van der Waals surface area contributed by atoms with Gasteiger partial charge in [0.05, 0.1) is 6.10 Å². The predicted octanol–water partition coefficient (Wildman–Crippen LogP) is 3.93. The summed E-state index contributed by atoms with van der Waals surface area (Å²) in [5.41, 5.74) is 2.78. The standard InChI is InChI=1S/C21H22O3/c22-17-8-10-21(11-9-17)13-16-6-7-18(12-19(16)20(21)23)24-14-15-4-2-1-3-5-15/h1-7,12,17,22H,8-11,13-14H2/t17-,21-. The Hall–Kier alpha value is -2.13. The molecule has 0 bridgehead atoms. The van der Waals surface area contributed by atoms with E-state index in [0.29, 0.717) is 6.61 Å². The molecule has 1 saturated carbocycles. The summed E-state index contributed by atoms with van der Waals surface area (Å²) in [6, 6.07) is 15.9. The third kappa shape index (κ3) is 2.73. The minimum atomic E-state index is -0.278. The van der Waals surface area contributed by atoms with Crippen LogP contribution >= 0.6 is 0 Å². The van der Waals surface area contributed by atoms with Crippen molar-refractivity contribution < 1.29 is 14.6 Å². The first-order chi connectivity index (χ1) is 11.7. The van der Waals surface area contributed by atoms with Crippen molar-refractivity contribution in [3.05, 3.63) is 65.2 Å². The molecule has 0 aromatic heterocycles. The van der Waals surface area contributed by atoms with Crippen molar-refractivity contribution in [1.29, 1.82) is 0 Å². The van der Waals surface area contributed by atoms with Crippen molar-refractivity contribution in [1.82, 2.24) is 0 Å². The molecule has 1 spiro atoms. The largest absolute Gasteiger partial charge is 0.489 e. The smallest absolute Gasteiger partial charge is 0.169 e. The highest BCUT2D eigenvalue weighted by Gasteiger charge is 2.47. The third-order valence-corrected chi connectivity index (χ3v) is 5.50. The number of carbonyl (C=O) groups is 1. The van der Waals surface area contributed by atoms with Crippen LogP contribution in [-0.2, 0) is 13.0 Å². The third-order valence-electron chi connectivity index (χ3n) is 5.50. The van der Waals surface area contributed by atoms with Crippen LogP contribution in [-0.4, -0.2) is 17.0 Å². The number of aliphatic hydroxyl groups excluding tert-OH is 1. The summed E-state index contributed by atoms with van der Waals surface area (Å²) in [6.07, 6.45) is 3.63. The van der Waals surface area contributed by atoms with Gasteiger partial charge in [-0.3, -0.25) is 4.79 Å². The molecule has 2 aromatic rings. The lowest BCUT2D eigenvalue weighted by molar-refractivity contribution is 0.0513. The van der Waals surface area contributed by atoms with Crippen LogP contribution in [0.25, 0.3) is 0 Å². The lowest BCUT2D eigenvalue weighted by Crippen LogP contribution is -2.34. The van der Waals surface area contributed by atoms with Gasteiger partial charge in [0.1, 0.15) is 12.4 Å². The van der Waals surface area contributed by atoms with Gasteiger partial charge >= 0.3 is 0 Å². The average molecular weight is 322 g/mol. The number of rotatable bonds is 3. The van der Waals surface area contributed by atoms with Gasteiger partial charge in [0.25, 0.3) is 0 Å². The maximum Gasteiger partial charge on any atom is 0.169 e. The number of Topliss-reactive ketones (excluding diaryl/α,β-unsaturated/α-hetero) is 1. The highest BCUT2D eigenvalue weighted by Crippen LogP contribution is 2.47. The topological polar surface area (TPSA) is 46.5 Å². The Morgan fingerprint density at radius 1 is 1.08 bits per heavy atom. The molecule has 3 heteroatoms. The fraction of sp³-hybridized carbons (Fsp3) is 0.381. The minimum absolute atomic E-state index is 0.239. The quantitative estimate of drug-likeness (QED) is 0.931. The van der Waals surface area contributed by atoms with Crippen LogP contribution in [0.3, 0.4) is 0 Å². The molecule has 0 atom stereocenters. The summed E-state index contributed by atoms with van der Waals surface area (Å²) in [5, 5.41) is 9.75. The van der Waals surface area contributed by atoms with E-state index in [2.05, 4.69) is 0 Å². The van der Waals surface area contributed by atoms with E-state index in [-0.39, 0.29) is 17.3 Å². The molecule has 0 saturated heterocycles. The molecule has 0 amide bonds. The zero-order valence-electron chi connectivity index (χ0n) is 13.7. The number of benzene rings is 2. The van der Waals surface area contributed by atoms with Crippen molar-refractivity contribution in [2.24, 2.45) is 5.41 Å². The van der Waals surface area contributed by atoms with E-state index in [9.17, 15) is 9.90 Å². The van der Waals surface area contributed by atoms with Gasteiger partial charge < -0.3 is 9.84 Å². The molecular weight excluding hydrogens is 300 g/mol. The lowest BCUT2D eigenvalue weighted by Gasteiger charge is -2.33. The molecule has 1 N–H and O–H groups in total. The maximum atomic E-state index is 13.0. The number of carbonyl (C=O) groups excluding carboxylic acids is 1. The molecule has 0 unspecified atom stereocenters. The lowest BCUT2D eigenvalue weighted by atomic mass is 9.70. The van der Waals surface area contributed by atoms with Crippen LogP contribution < -0.4 is 4.74 Å². The summed E-state index contributed by atoms with van der Waals surface area (Å²) in [7, 11) is 0. The van der Waals surface area contributed by atoms with Gasteiger partial charge in [0, 0.05) is 11.0 Å². The molecular formula is C21H22O3. The SMILES string of the molecule is O=C1c2cc(OCc3ccccc3)ccc2C[C@]12CC[C@@H](O)CC2. The molecule has 4 rings (SSSR count). The summed E-state index contributed by atoms with van der Waals surface area (Å²) in [5.74, 6) is 0.994. The van der Waals surface area contributed by atoms with Crippen LogP contribution in [0.5, 0.6) is 5.75 Å². The first-order valence-corrected chi connectivity index (χ1v) is 8.69. The minimum Gasteiger partial charge on any atom is -0.489 e. The van der Waals surface area contributed by atoms with Crippen LogP contribution in [0.4, 0.5) is 0 Å². The maximum absolute atomic E-state index is 13.0. The first kappa shape index (κ1) is 15.4. The van der Waals surface area contributed by atoms with E-state index in [1.165, 1.54) is 0 Å². The van der Waals surface area contributed by atoms with Gasteiger partial charge in [-0.1, -0.05) is 36.4 Å². The van der Waals surface area contributed by atoms with Gasteiger partial charge in [-0.25, -0.2) is 0 Å². The van der Waals surface area contributed by atoms with E-state index in [0.717, 1.165) is 54.5 Å². The summed E-state index contributed by atoms with van der Waals surface area (Å²) >= 11 is 0. The Balaban J connectivity index is 1.51. The number of fused-ring (bicyclic) bond motifs is 1. The zero-order valence-corrected chi connectivity index (χ0v) is 13.7. The van der Waals surface area contributed by atoms with E-state index in [1.54, 1.807) is 0 Å². The van der Waals surface area contributed by atoms with E-state index < -0.39 is 0 Å². The average Bonchev–Trinajstić information content (AvgIpc) is 2.89. The Bertz CT molecular complexity index is 743. The summed E-state index contributed by atoms with van der Waals surface area (Å²) in [6.45, 7) is 0.505. The van der Waals surface area contributed by atoms with E-state index in [1.807, 2.05) is 48.5 Å². The van der Waals surface area contributed by atoms with E-state index in [4.69, 9.17) is 4.74 Å². The molecule has 0 aliphatic heterocycles. The van der Waals surface area contributed by atoms with Crippen molar-refractivity contribution >= 4 is 5.78 Å². The van der Waals surface area contributed by atoms with Crippen LogP contribution in [0, 0.1) is 5.41 Å². The van der Waals surface area contributed by atoms with Crippen LogP contribution in [0.1, 0.15) is 47.2 Å². The van der Waals surface area contributed by atoms with Gasteiger partial charge in [-0.2, -0.15) is 0 Å². The zero-order chi connectivity index (χ0) is 16.6. The van der Waals surface area contributed by atoms with Crippen molar-refractivity contribution in [3.63, 3.8) is 0 Å². The fourth-order valence-corrected chi connectivity index (χ4v) is 4.04.